The van der Waals surface area contributed by atoms with Crippen molar-refractivity contribution in [1.82, 2.24) is 5.32 Å². The minimum Gasteiger partial charge on any atom is -0.497 e. The van der Waals surface area contributed by atoms with Crippen LogP contribution in [0.2, 0.25) is 0 Å². The molecule has 0 aromatic heterocycles. The summed E-state index contributed by atoms with van der Waals surface area (Å²) in [7, 11) is 1.55. The molecule has 0 spiro atoms. The number of nitrogens with two attached hydrogens (primary N) is 1. The fourth-order valence-corrected chi connectivity index (χ4v) is 2.43. The fourth-order valence-electron chi connectivity index (χ4n) is 2.43. The Morgan fingerprint density at radius 1 is 1.19 bits per heavy atom. The molecule has 0 unspecified atom stereocenters. The fraction of sp³-hybridized carbons (Fsp3) is 0.222. The average molecular weight is 357 g/mol. The highest BCUT2D eigenvalue weighted by atomic mass is 16.6. The summed E-state index contributed by atoms with van der Waals surface area (Å²) in [4.78, 5) is 34.1. The second-order valence-electron chi connectivity index (χ2n) is 5.68. The number of nitrogens with one attached hydrogen (secondary N) is 1. The zero-order valence-corrected chi connectivity index (χ0v) is 14.2. The highest BCUT2D eigenvalue weighted by Crippen LogP contribution is 2.14. The summed E-state index contributed by atoms with van der Waals surface area (Å²) < 4.78 is 5.07. The molecule has 0 fully saturated rings. The lowest BCUT2D eigenvalue weighted by atomic mass is 10.0. The number of non-ortho nitro benzene ring substituents is 1. The van der Waals surface area contributed by atoms with Crippen molar-refractivity contribution in [2.45, 2.75) is 18.9 Å². The zero-order chi connectivity index (χ0) is 19.1. The normalized spacial score (nSPS) is 11.4. The monoisotopic (exact) mass is 357 g/mol. The number of carbonyl (C=O) groups excluding carboxylic acids is 2. The van der Waals surface area contributed by atoms with E-state index in [1.165, 1.54) is 18.2 Å². The Kier molecular flexibility index (Phi) is 6.26. The first-order valence-electron chi connectivity index (χ1n) is 7.84. The molecule has 0 aliphatic rings. The van der Waals surface area contributed by atoms with Gasteiger partial charge in [0, 0.05) is 18.6 Å². The molecule has 0 aliphatic heterocycles. The number of amides is 2. The molecule has 0 radical (unpaired) electrons. The van der Waals surface area contributed by atoms with Crippen LogP contribution in [-0.2, 0) is 22.4 Å². The summed E-state index contributed by atoms with van der Waals surface area (Å²) in [6.45, 7) is 0. The van der Waals surface area contributed by atoms with Crippen LogP contribution in [0.5, 0.6) is 5.75 Å². The van der Waals surface area contributed by atoms with Crippen molar-refractivity contribution < 1.29 is 19.2 Å². The molecule has 2 aromatic carbocycles. The molecule has 0 heterocycles. The summed E-state index contributed by atoms with van der Waals surface area (Å²) in [5.74, 6) is -0.421. The summed E-state index contributed by atoms with van der Waals surface area (Å²) in [5, 5.41) is 13.4. The van der Waals surface area contributed by atoms with Crippen LogP contribution in [0.25, 0.3) is 0 Å². The predicted octanol–water partition coefficient (Wildman–Crippen LogP) is 1.36. The molecule has 1 atom stereocenters. The van der Waals surface area contributed by atoms with Crippen molar-refractivity contribution in [1.29, 1.82) is 0 Å². The van der Waals surface area contributed by atoms with Crippen LogP contribution in [0, 0.1) is 10.1 Å². The Labute approximate surface area is 150 Å². The Morgan fingerprint density at radius 2 is 1.88 bits per heavy atom. The van der Waals surface area contributed by atoms with Crippen LogP contribution in [0.1, 0.15) is 11.1 Å². The molecule has 0 aliphatic carbocycles. The number of hydrogen-bond donors (Lipinski definition) is 2. The lowest BCUT2D eigenvalue weighted by Crippen LogP contribution is -2.46. The molecular formula is C18H19N3O5. The van der Waals surface area contributed by atoms with Crippen molar-refractivity contribution in [3.05, 3.63) is 69.8 Å². The number of nitro benzene ring substituents is 1. The van der Waals surface area contributed by atoms with Gasteiger partial charge in [-0.05, 0) is 23.3 Å². The molecule has 8 nitrogen and oxygen atoms in total. The molecule has 2 rings (SSSR count). The summed E-state index contributed by atoms with van der Waals surface area (Å²) in [6, 6.07) is 12.0. The summed E-state index contributed by atoms with van der Waals surface area (Å²) in [5.41, 5.74) is 6.57. The highest BCUT2D eigenvalue weighted by molar-refractivity contribution is 5.87. The topological polar surface area (TPSA) is 125 Å². The first-order chi connectivity index (χ1) is 12.4. The third-order valence-corrected chi connectivity index (χ3v) is 3.76. The predicted molar refractivity (Wildman–Crippen MR) is 94.6 cm³/mol. The summed E-state index contributed by atoms with van der Waals surface area (Å²) in [6.07, 6.45) is 0.147. The molecule has 2 amide bonds. The van der Waals surface area contributed by atoms with Crippen molar-refractivity contribution >= 4 is 17.5 Å². The second-order valence-corrected chi connectivity index (χ2v) is 5.68. The smallest absolute Gasteiger partial charge is 0.269 e. The maximum Gasteiger partial charge on any atom is 0.269 e. The average Bonchev–Trinajstić information content (AvgIpc) is 2.61. The highest BCUT2D eigenvalue weighted by Gasteiger charge is 2.19. The Hall–Kier alpha value is -3.42. The van der Waals surface area contributed by atoms with Gasteiger partial charge < -0.3 is 15.8 Å². The Morgan fingerprint density at radius 3 is 2.46 bits per heavy atom. The van der Waals surface area contributed by atoms with Gasteiger partial charge in [0.2, 0.25) is 11.8 Å². The third kappa shape index (κ3) is 5.30. The molecule has 0 bridgehead atoms. The lowest BCUT2D eigenvalue weighted by Gasteiger charge is -2.16. The summed E-state index contributed by atoms with van der Waals surface area (Å²) >= 11 is 0. The molecule has 0 saturated heterocycles. The van der Waals surface area contributed by atoms with Gasteiger partial charge in [-0.2, -0.15) is 0 Å². The number of primary amides is 1. The van der Waals surface area contributed by atoms with Crippen LogP contribution in [0.15, 0.2) is 48.5 Å². The van der Waals surface area contributed by atoms with Crippen LogP contribution >= 0.6 is 0 Å². The number of benzene rings is 2. The Balaban J connectivity index is 2.02. The van der Waals surface area contributed by atoms with Crippen LogP contribution in [0.4, 0.5) is 5.69 Å². The molecule has 3 N–H and O–H groups in total. The van der Waals surface area contributed by atoms with Gasteiger partial charge in [0.1, 0.15) is 11.8 Å². The number of carbonyl (C=O) groups is 2. The first-order valence-corrected chi connectivity index (χ1v) is 7.84. The molecule has 0 saturated carbocycles. The van der Waals surface area contributed by atoms with Crippen LogP contribution in [-0.4, -0.2) is 29.9 Å². The van der Waals surface area contributed by atoms with Gasteiger partial charge in [-0.1, -0.05) is 24.3 Å². The van der Waals surface area contributed by atoms with E-state index >= 15 is 0 Å². The number of nitro groups is 1. The van der Waals surface area contributed by atoms with E-state index in [4.69, 9.17) is 10.5 Å². The largest absolute Gasteiger partial charge is 0.497 e. The standard InChI is InChI=1S/C18H19N3O5/c1-26-15-7-5-12(6-8-15)10-16(18(19)23)20-17(22)11-13-3-2-4-14(9-13)21(24)25/h2-9,16H,10-11H2,1H3,(H2,19,23)(H,20,22)/t16-/m1/s1. The zero-order valence-electron chi connectivity index (χ0n) is 14.2. The number of rotatable bonds is 8. The van der Waals surface area contributed by atoms with Gasteiger partial charge in [0.15, 0.2) is 0 Å². The quantitative estimate of drug-likeness (QED) is 0.545. The second kappa shape index (κ2) is 8.61. The number of methoxy groups -OCH3 is 1. The van der Waals surface area contributed by atoms with Crippen LogP contribution in [0.3, 0.4) is 0 Å². The van der Waals surface area contributed by atoms with E-state index in [0.717, 1.165) is 5.56 Å². The minimum atomic E-state index is -0.880. The van der Waals surface area contributed by atoms with E-state index in [9.17, 15) is 19.7 Å². The molecular weight excluding hydrogens is 338 g/mol. The van der Waals surface area contributed by atoms with E-state index in [0.29, 0.717) is 11.3 Å². The van der Waals surface area contributed by atoms with Crippen molar-refractivity contribution in [3.63, 3.8) is 0 Å². The van der Waals surface area contributed by atoms with E-state index in [1.54, 1.807) is 37.4 Å². The number of ether oxygens (including phenoxy) is 1. The van der Waals surface area contributed by atoms with E-state index in [2.05, 4.69) is 5.32 Å². The van der Waals surface area contributed by atoms with Gasteiger partial charge in [0.25, 0.3) is 5.69 Å². The van der Waals surface area contributed by atoms with Gasteiger partial charge in [0.05, 0.1) is 18.5 Å². The maximum absolute atomic E-state index is 12.2. The van der Waals surface area contributed by atoms with Crippen molar-refractivity contribution in [2.75, 3.05) is 7.11 Å². The van der Waals surface area contributed by atoms with Gasteiger partial charge in [-0.3, -0.25) is 19.7 Å². The number of hydrogen-bond acceptors (Lipinski definition) is 5. The lowest BCUT2D eigenvalue weighted by molar-refractivity contribution is -0.384. The first kappa shape index (κ1) is 18.9. The van der Waals surface area contributed by atoms with Gasteiger partial charge >= 0.3 is 0 Å². The van der Waals surface area contributed by atoms with Gasteiger partial charge in [-0.25, -0.2) is 0 Å². The molecule has 2 aromatic rings. The number of nitrogens with zero attached hydrogens (tertiary/aromatic N) is 1. The van der Waals surface area contributed by atoms with E-state index in [-0.39, 0.29) is 18.5 Å². The van der Waals surface area contributed by atoms with Crippen molar-refractivity contribution in [3.8, 4) is 5.75 Å². The molecule has 26 heavy (non-hydrogen) atoms. The van der Waals surface area contributed by atoms with Gasteiger partial charge in [-0.15, -0.1) is 0 Å². The van der Waals surface area contributed by atoms with Crippen molar-refractivity contribution in [2.24, 2.45) is 5.73 Å². The maximum atomic E-state index is 12.2. The van der Waals surface area contributed by atoms with E-state index < -0.39 is 22.8 Å². The SMILES string of the molecule is COc1ccc(C[C@@H](NC(=O)Cc2cccc([N+](=O)[O-])c2)C(N)=O)cc1. The van der Waals surface area contributed by atoms with Crippen LogP contribution < -0.4 is 15.8 Å². The van der Waals surface area contributed by atoms with E-state index in [1.807, 2.05) is 0 Å². The minimum absolute atomic E-state index is 0.0892. The Bertz CT molecular complexity index is 805. The molecule has 8 heteroatoms. The third-order valence-electron chi connectivity index (χ3n) is 3.76. The molecule has 136 valence electrons.